The monoisotopic (exact) mass is 313 g/mol. The van der Waals surface area contributed by atoms with Crippen LogP contribution in [0.5, 0.6) is 0 Å². The molecular weight excluding hydrogens is 282 g/mol. The van der Waals surface area contributed by atoms with E-state index in [2.05, 4.69) is 37.0 Å². The maximum Gasteiger partial charge on any atom is 0.135 e. The van der Waals surface area contributed by atoms with Gasteiger partial charge < -0.3 is 5.73 Å². The summed E-state index contributed by atoms with van der Waals surface area (Å²) in [5, 5.41) is 1.07. The van der Waals surface area contributed by atoms with Gasteiger partial charge in [0.1, 0.15) is 11.6 Å². The Morgan fingerprint density at radius 1 is 0.826 bits per heavy atom. The van der Waals surface area contributed by atoms with Crippen molar-refractivity contribution in [3.63, 3.8) is 0 Å². The first kappa shape index (κ1) is 17.7. The van der Waals surface area contributed by atoms with E-state index >= 15 is 0 Å². The Morgan fingerprint density at radius 3 is 2.22 bits per heavy atom. The fourth-order valence-corrected chi connectivity index (χ4v) is 3.11. The number of fused-ring (bicyclic) bond motifs is 1. The fourth-order valence-electron chi connectivity index (χ4n) is 3.11. The van der Waals surface area contributed by atoms with E-state index in [1.807, 2.05) is 0 Å². The van der Waals surface area contributed by atoms with Crippen molar-refractivity contribution in [1.82, 2.24) is 9.97 Å². The van der Waals surface area contributed by atoms with Gasteiger partial charge in [0, 0.05) is 11.8 Å². The molecule has 0 bridgehead atoms. The molecule has 0 aliphatic heterocycles. The molecule has 1 aromatic carbocycles. The van der Waals surface area contributed by atoms with Gasteiger partial charge in [0.15, 0.2) is 0 Å². The maximum absolute atomic E-state index is 6.27. The van der Waals surface area contributed by atoms with E-state index in [9.17, 15) is 0 Å². The van der Waals surface area contributed by atoms with Crippen LogP contribution in [0.25, 0.3) is 10.9 Å². The molecule has 0 aliphatic rings. The van der Waals surface area contributed by atoms with Crippen LogP contribution in [0.3, 0.4) is 0 Å². The van der Waals surface area contributed by atoms with Crippen LogP contribution in [-0.2, 0) is 12.8 Å². The van der Waals surface area contributed by atoms with E-state index in [0.717, 1.165) is 36.0 Å². The molecule has 1 heterocycles. The number of nitrogens with two attached hydrogens (primary N) is 1. The maximum atomic E-state index is 6.27. The van der Waals surface area contributed by atoms with Gasteiger partial charge >= 0.3 is 0 Å². The predicted octanol–water partition coefficient (Wildman–Crippen LogP) is 5.46. The first-order chi connectivity index (χ1) is 11.3. The number of aromatic nitrogens is 2. The zero-order chi connectivity index (χ0) is 16.5. The van der Waals surface area contributed by atoms with Gasteiger partial charge in [0.05, 0.1) is 5.52 Å². The minimum atomic E-state index is 0.659. The van der Waals surface area contributed by atoms with E-state index in [1.165, 1.54) is 50.5 Å². The molecule has 0 unspecified atom stereocenters. The topological polar surface area (TPSA) is 51.8 Å². The molecule has 3 nitrogen and oxygen atoms in total. The van der Waals surface area contributed by atoms with Gasteiger partial charge in [-0.3, -0.25) is 0 Å². The first-order valence-electron chi connectivity index (χ1n) is 9.30. The lowest BCUT2D eigenvalue weighted by atomic mass is 10.0. The molecular formula is C20H31N3. The van der Waals surface area contributed by atoms with Crippen molar-refractivity contribution in [2.75, 3.05) is 5.73 Å². The second-order valence-corrected chi connectivity index (χ2v) is 6.46. The molecule has 2 rings (SSSR count). The number of hydrogen-bond donors (Lipinski definition) is 1. The van der Waals surface area contributed by atoms with Gasteiger partial charge in [-0.2, -0.15) is 0 Å². The number of nitrogens with zero attached hydrogens (tertiary/aromatic N) is 2. The van der Waals surface area contributed by atoms with Crippen molar-refractivity contribution >= 4 is 16.7 Å². The molecule has 0 spiro atoms. The van der Waals surface area contributed by atoms with Gasteiger partial charge in [-0.1, -0.05) is 64.5 Å². The molecule has 0 fully saturated rings. The third-order valence-electron chi connectivity index (χ3n) is 4.44. The molecule has 2 aromatic rings. The molecule has 126 valence electrons. The normalized spacial score (nSPS) is 11.2. The zero-order valence-corrected chi connectivity index (χ0v) is 14.8. The Morgan fingerprint density at radius 2 is 1.52 bits per heavy atom. The molecule has 0 aliphatic carbocycles. The highest BCUT2D eigenvalue weighted by Crippen LogP contribution is 2.24. The fraction of sp³-hybridized carbons (Fsp3) is 0.600. The predicted molar refractivity (Wildman–Crippen MR) is 99.6 cm³/mol. The summed E-state index contributed by atoms with van der Waals surface area (Å²) in [7, 11) is 0. The van der Waals surface area contributed by atoms with Crippen LogP contribution in [0.15, 0.2) is 18.2 Å². The van der Waals surface area contributed by atoms with E-state index in [1.54, 1.807) is 0 Å². The van der Waals surface area contributed by atoms with Crippen molar-refractivity contribution < 1.29 is 0 Å². The lowest BCUT2D eigenvalue weighted by Gasteiger charge is -2.10. The van der Waals surface area contributed by atoms with Crippen molar-refractivity contribution in [2.24, 2.45) is 0 Å². The largest absolute Gasteiger partial charge is 0.383 e. The summed E-state index contributed by atoms with van der Waals surface area (Å²) in [4.78, 5) is 9.32. The average molecular weight is 313 g/mol. The van der Waals surface area contributed by atoms with Crippen molar-refractivity contribution in [2.45, 2.75) is 78.1 Å². The van der Waals surface area contributed by atoms with Gasteiger partial charge in [-0.15, -0.1) is 0 Å². The minimum absolute atomic E-state index is 0.659. The molecule has 0 amide bonds. The number of hydrogen-bond acceptors (Lipinski definition) is 3. The Kier molecular flexibility index (Phi) is 7.31. The lowest BCUT2D eigenvalue weighted by Crippen LogP contribution is -2.03. The van der Waals surface area contributed by atoms with Crippen molar-refractivity contribution in [1.29, 1.82) is 0 Å². The van der Waals surface area contributed by atoms with Crippen molar-refractivity contribution in [3.05, 3.63) is 29.6 Å². The Bertz CT molecular complexity index is 607. The summed E-state index contributed by atoms with van der Waals surface area (Å²) in [6.45, 7) is 4.47. The lowest BCUT2D eigenvalue weighted by molar-refractivity contribution is 0.654. The number of unbranched alkanes of at least 4 members (excludes halogenated alkanes) is 6. The van der Waals surface area contributed by atoms with Crippen LogP contribution < -0.4 is 5.73 Å². The Labute approximate surface area is 140 Å². The molecule has 3 heteroatoms. The highest BCUT2D eigenvalue weighted by molar-refractivity contribution is 5.91. The molecule has 1 aromatic heterocycles. The summed E-state index contributed by atoms with van der Waals surface area (Å²) < 4.78 is 0. The number of rotatable bonds is 10. The third kappa shape index (κ3) is 5.19. The van der Waals surface area contributed by atoms with E-state index in [0.29, 0.717) is 5.82 Å². The highest BCUT2D eigenvalue weighted by Gasteiger charge is 2.09. The molecule has 0 saturated carbocycles. The summed E-state index contributed by atoms with van der Waals surface area (Å²) in [6.07, 6.45) is 12.0. The van der Waals surface area contributed by atoms with E-state index < -0.39 is 0 Å². The third-order valence-corrected chi connectivity index (χ3v) is 4.44. The van der Waals surface area contributed by atoms with Crippen LogP contribution in [0, 0.1) is 0 Å². The molecule has 2 N–H and O–H groups in total. The number of anilines is 1. The highest BCUT2D eigenvalue weighted by atomic mass is 14.9. The van der Waals surface area contributed by atoms with Crippen LogP contribution >= 0.6 is 0 Å². The second-order valence-electron chi connectivity index (χ2n) is 6.46. The summed E-state index contributed by atoms with van der Waals surface area (Å²) in [5.41, 5.74) is 8.58. The molecule has 0 atom stereocenters. The standard InChI is InChI=1S/C20H31N3/c1-3-5-7-9-12-16-13-11-14-17-19(16)20(21)23-18(22-17)15-10-8-6-4-2/h11,13-14H,3-10,12,15H2,1-2H3,(H2,21,22,23). The SMILES string of the molecule is CCCCCCc1nc(N)c2c(CCCCCC)cccc2n1. The quantitative estimate of drug-likeness (QED) is 0.593. The van der Waals surface area contributed by atoms with Gasteiger partial charge in [-0.05, 0) is 30.9 Å². The van der Waals surface area contributed by atoms with Crippen molar-refractivity contribution in [3.8, 4) is 0 Å². The Hall–Kier alpha value is -1.64. The van der Waals surface area contributed by atoms with Crippen LogP contribution in [0.4, 0.5) is 5.82 Å². The van der Waals surface area contributed by atoms with E-state index in [-0.39, 0.29) is 0 Å². The summed E-state index contributed by atoms with van der Waals surface area (Å²) in [6, 6.07) is 6.35. The molecule has 23 heavy (non-hydrogen) atoms. The zero-order valence-electron chi connectivity index (χ0n) is 14.8. The summed E-state index contributed by atoms with van der Waals surface area (Å²) in [5.74, 6) is 1.56. The minimum Gasteiger partial charge on any atom is -0.383 e. The summed E-state index contributed by atoms with van der Waals surface area (Å²) >= 11 is 0. The van der Waals surface area contributed by atoms with Gasteiger partial charge in [-0.25, -0.2) is 9.97 Å². The second kappa shape index (κ2) is 9.49. The number of nitrogen functional groups attached to an aromatic ring is 1. The first-order valence-corrected chi connectivity index (χ1v) is 9.30. The van der Waals surface area contributed by atoms with E-state index in [4.69, 9.17) is 10.7 Å². The van der Waals surface area contributed by atoms with Gasteiger partial charge in [0.2, 0.25) is 0 Å². The van der Waals surface area contributed by atoms with Crippen LogP contribution in [0.1, 0.15) is 76.6 Å². The number of aryl methyl sites for hydroxylation is 2. The smallest absolute Gasteiger partial charge is 0.135 e. The molecule has 0 radical (unpaired) electrons. The van der Waals surface area contributed by atoms with Crippen LogP contribution in [-0.4, -0.2) is 9.97 Å². The average Bonchev–Trinajstić information content (AvgIpc) is 2.55. The number of benzene rings is 1. The van der Waals surface area contributed by atoms with Crippen LogP contribution in [0.2, 0.25) is 0 Å². The molecule has 0 saturated heterocycles. The van der Waals surface area contributed by atoms with Gasteiger partial charge in [0.25, 0.3) is 0 Å². The Balaban J connectivity index is 2.11.